The van der Waals surface area contributed by atoms with Gasteiger partial charge in [-0.05, 0) is 27.2 Å². The van der Waals surface area contributed by atoms with Gasteiger partial charge in [-0.2, -0.15) is 0 Å². The maximum Gasteiger partial charge on any atom is 0.348 e. The first-order valence-electron chi connectivity index (χ1n) is 8.37. The summed E-state index contributed by atoms with van der Waals surface area (Å²) >= 11 is 0. The summed E-state index contributed by atoms with van der Waals surface area (Å²) < 4.78 is 16.6. The Balaban J connectivity index is 1.79. The highest BCUT2D eigenvalue weighted by atomic mass is 16.6. The topological polar surface area (TPSA) is 89.1 Å². The number of carbonyl (C=O) groups is 1. The van der Waals surface area contributed by atoms with Crippen LogP contribution in [0.3, 0.4) is 0 Å². The molecule has 6 nitrogen and oxygen atoms in total. The summed E-state index contributed by atoms with van der Waals surface area (Å²) in [4.78, 5) is 12.0. The van der Waals surface area contributed by atoms with E-state index in [0.717, 1.165) is 12.8 Å². The van der Waals surface area contributed by atoms with Crippen LogP contribution in [-0.4, -0.2) is 28.4 Å². The van der Waals surface area contributed by atoms with Gasteiger partial charge in [0.25, 0.3) is 0 Å². The molecule has 0 radical (unpaired) electrons. The van der Waals surface area contributed by atoms with Gasteiger partial charge in [0, 0.05) is 12.0 Å². The quantitative estimate of drug-likeness (QED) is 0.719. The van der Waals surface area contributed by atoms with Gasteiger partial charge in [-0.3, -0.25) is 0 Å². The molecule has 2 aromatic heterocycles. The summed E-state index contributed by atoms with van der Waals surface area (Å²) in [7, 11) is 0. The van der Waals surface area contributed by atoms with Crippen molar-refractivity contribution in [2.24, 2.45) is 0 Å². The number of hydrogen-bond acceptors (Lipinski definition) is 6. The lowest BCUT2D eigenvalue weighted by Crippen LogP contribution is -2.26. The molecule has 0 aromatic carbocycles. The molecule has 0 aliphatic carbocycles. The zero-order valence-electron chi connectivity index (χ0n) is 14.6. The van der Waals surface area contributed by atoms with Crippen molar-refractivity contribution in [1.29, 1.82) is 0 Å². The minimum atomic E-state index is -1.25. The van der Waals surface area contributed by atoms with E-state index in [1.165, 1.54) is 0 Å². The number of unbranched alkanes of at least 4 members (excludes halogenated alkanes) is 1. The summed E-state index contributed by atoms with van der Waals surface area (Å²) in [6.45, 7) is 7.31. The monoisotopic (exact) mass is 336 g/mol. The summed E-state index contributed by atoms with van der Waals surface area (Å²) in [5.41, 5.74) is -0.681. The molecular weight excluding hydrogens is 312 g/mol. The Morgan fingerprint density at radius 1 is 1.12 bits per heavy atom. The third kappa shape index (κ3) is 2.74. The zero-order chi connectivity index (χ0) is 17.7. The van der Waals surface area contributed by atoms with Crippen molar-refractivity contribution in [3.63, 3.8) is 0 Å². The van der Waals surface area contributed by atoms with Crippen molar-refractivity contribution < 1.29 is 28.9 Å². The molecule has 3 heterocycles. The second-order valence-corrected chi connectivity index (χ2v) is 7.32. The first-order chi connectivity index (χ1) is 11.2. The summed E-state index contributed by atoms with van der Waals surface area (Å²) in [6, 6.07) is 0. The Labute approximate surface area is 140 Å². The van der Waals surface area contributed by atoms with Crippen LogP contribution in [-0.2, 0) is 5.60 Å². The highest BCUT2D eigenvalue weighted by molar-refractivity contribution is 6.12. The van der Waals surface area contributed by atoms with Crippen LogP contribution < -0.4 is 9.47 Å². The van der Waals surface area contributed by atoms with E-state index in [1.807, 2.05) is 0 Å². The molecular formula is C18H24O6. The highest BCUT2D eigenvalue weighted by Crippen LogP contribution is 2.54. The predicted octanol–water partition coefficient (Wildman–Crippen LogP) is 3.34. The number of aliphatic hydroxyl groups is 2. The van der Waals surface area contributed by atoms with E-state index in [-0.39, 0.29) is 17.9 Å². The fourth-order valence-corrected chi connectivity index (χ4v) is 3.16. The minimum absolute atomic E-state index is 0.266. The van der Waals surface area contributed by atoms with Gasteiger partial charge in [-0.1, -0.05) is 19.8 Å². The van der Waals surface area contributed by atoms with Crippen molar-refractivity contribution in [3.8, 4) is 11.5 Å². The molecule has 0 amide bonds. The Kier molecular flexibility index (Phi) is 4.00. The van der Waals surface area contributed by atoms with Crippen LogP contribution in [0, 0.1) is 0 Å². The average Bonchev–Trinajstić information content (AvgIpc) is 3.07. The minimum Gasteiger partial charge on any atom is -0.486 e. The predicted molar refractivity (Wildman–Crippen MR) is 87.9 cm³/mol. The fourth-order valence-electron chi connectivity index (χ4n) is 3.16. The van der Waals surface area contributed by atoms with Crippen molar-refractivity contribution in [2.45, 2.75) is 64.6 Å². The van der Waals surface area contributed by atoms with Crippen LogP contribution in [0.5, 0.6) is 11.5 Å². The van der Waals surface area contributed by atoms with Gasteiger partial charge in [0.1, 0.15) is 5.56 Å². The normalized spacial score (nSPS) is 16.7. The molecule has 6 heteroatoms. The van der Waals surface area contributed by atoms with Crippen molar-refractivity contribution >= 4 is 17.1 Å². The Morgan fingerprint density at radius 3 is 2.46 bits per heavy atom. The number of esters is 1. The van der Waals surface area contributed by atoms with E-state index in [0.29, 0.717) is 35.3 Å². The number of furan rings is 2. The smallest absolute Gasteiger partial charge is 0.348 e. The Hall–Kier alpha value is -1.79. The number of hydrogen-bond donors (Lipinski definition) is 2. The van der Waals surface area contributed by atoms with Crippen LogP contribution in [0.25, 0.3) is 11.2 Å². The standard InChI is InChI=1S/C18H24O6/c1-5-6-7-18(4,21)8-9-22-14-13-11(17(2,3)20)10-12(23-13)15(14)24-16(10)19/h20-21H,5-9H2,1-4H3. The van der Waals surface area contributed by atoms with E-state index >= 15 is 0 Å². The molecule has 0 spiro atoms. The second-order valence-electron chi connectivity index (χ2n) is 7.32. The first-order valence-corrected chi connectivity index (χ1v) is 8.37. The average molecular weight is 336 g/mol. The maximum absolute atomic E-state index is 12.0. The molecule has 1 atom stereocenters. The molecule has 132 valence electrons. The molecule has 1 aliphatic heterocycles. The van der Waals surface area contributed by atoms with Gasteiger partial charge in [0.05, 0.1) is 17.8 Å². The summed E-state index contributed by atoms with van der Waals surface area (Å²) in [6.07, 6.45) is 3.13. The lowest BCUT2D eigenvalue weighted by atomic mass is 9.93. The molecule has 0 saturated heterocycles. The highest BCUT2D eigenvalue weighted by Gasteiger charge is 2.44. The Bertz CT molecular complexity index is 749. The van der Waals surface area contributed by atoms with Gasteiger partial charge in [-0.25, -0.2) is 4.79 Å². The van der Waals surface area contributed by atoms with Crippen LogP contribution in [0.4, 0.5) is 0 Å². The maximum atomic E-state index is 12.0. The molecule has 2 N–H and O–H groups in total. The molecule has 2 aromatic rings. The lowest BCUT2D eigenvalue weighted by Gasteiger charge is -2.23. The van der Waals surface area contributed by atoms with E-state index in [2.05, 4.69) is 6.92 Å². The van der Waals surface area contributed by atoms with Crippen LogP contribution in [0.1, 0.15) is 69.3 Å². The third-order valence-corrected chi connectivity index (χ3v) is 4.49. The van der Waals surface area contributed by atoms with E-state index in [4.69, 9.17) is 13.9 Å². The molecule has 2 bridgehead atoms. The number of rotatable bonds is 8. The first kappa shape index (κ1) is 17.0. The summed E-state index contributed by atoms with van der Waals surface area (Å²) in [5.74, 6) is 0.0925. The van der Waals surface area contributed by atoms with Crippen LogP contribution in [0.2, 0.25) is 0 Å². The van der Waals surface area contributed by atoms with Gasteiger partial charge in [-0.15, -0.1) is 0 Å². The fraction of sp³-hybridized carbons (Fsp3) is 0.611. The van der Waals surface area contributed by atoms with Crippen molar-refractivity contribution in [2.75, 3.05) is 6.61 Å². The van der Waals surface area contributed by atoms with Crippen LogP contribution >= 0.6 is 0 Å². The van der Waals surface area contributed by atoms with Gasteiger partial charge >= 0.3 is 5.97 Å². The largest absolute Gasteiger partial charge is 0.486 e. The molecule has 0 saturated carbocycles. The SMILES string of the molecule is CCCCC(C)(O)CCOc1c2c3oc1c(C(C)(C)O)c3C(=O)O2. The Morgan fingerprint density at radius 2 is 1.83 bits per heavy atom. The second kappa shape index (κ2) is 5.63. The number of ether oxygens (including phenoxy) is 2. The third-order valence-electron chi connectivity index (χ3n) is 4.49. The van der Waals surface area contributed by atoms with Crippen LogP contribution in [0.15, 0.2) is 4.42 Å². The van der Waals surface area contributed by atoms with E-state index in [9.17, 15) is 15.0 Å². The van der Waals surface area contributed by atoms with Gasteiger partial charge in [0.2, 0.25) is 11.5 Å². The zero-order valence-corrected chi connectivity index (χ0v) is 14.6. The molecule has 24 heavy (non-hydrogen) atoms. The molecule has 0 fully saturated rings. The van der Waals surface area contributed by atoms with E-state index in [1.54, 1.807) is 20.8 Å². The molecule has 1 aliphatic rings. The van der Waals surface area contributed by atoms with Gasteiger partial charge in [0.15, 0.2) is 11.2 Å². The lowest BCUT2D eigenvalue weighted by molar-refractivity contribution is 0.0264. The van der Waals surface area contributed by atoms with Crippen molar-refractivity contribution in [3.05, 3.63) is 11.1 Å². The van der Waals surface area contributed by atoms with E-state index < -0.39 is 17.2 Å². The number of carbonyl (C=O) groups excluding carboxylic acids is 1. The number of benzene rings is 1. The molecule has 1 unspecified atom stereocenters. The number of fused-ring (bicyclic) bond motifs is 1. The summed E-state index contributed by atoms with van der Waals surface area (Å²) in [5, 5.41) is 20.7. The van der Waals surface area contributed by atoms with Gasteiger partial charge < -0.3 is 24.1 Å². The molecule has 3 rings (SSSR count). The van der Waals surface area contributed by atoms with Crippen molar-refractivity contribution in [1.82, 2.24) is 0 Å².